The molecule has 2 aromatic heterocycles. The quantitative estimate of drug-likeness (QED) is 0.686. The summed E-state index contributed by atoms with van der Waals surface area (Å²) in [5, 5.41) is 9.03. The summed E-state index contributed by atoms with van der Waals surface area (Å²) in [6, 6.07) is 2.57. The van der Waals surface area contributed by atoms with Crippen molar-refractivity contribution in [3.63, 3.8) is 0 Å². The minimum Gasteiger partial charge on any atom is -0.269 e. The van der Waals surface area contributed by atoms with Gasteiger partial charge in [-0.3, -0.25) is 9.36 Å². The summed E-state index contributed by atoms with van der Waals surface area (Å²) in [6.07, 6.45) is 6.28. The van der Waals surface area contributed by atoms with Gasteiger partial charge < -0.3 is 0 Å². The number of hydrogen-bond donors (Lipinski definition) is 0. The van der Waals surface area contributed by atoms with Crippen LogP contribution in [0.5, 0.6) is 0 Å². The summed E-state index contributed by atoms with van der Waals surface area (Å²) >= 11 is 5.68. The van der Waals surface area contributed by atoms with Crippen LogP contribution in [0, 0.1) is 3.70 Å². The van der Waals surface area contributed by atoms with Gasteiger partial charge in [0.15, 0.2) is 0 Å². The maximum atomic E-state index is 4.62. The van der Waals surface area contributed by atoms with Crippen LogP contribution in [0.4, 0.5) is 0 Å². The largest absolute Gasteiger partial charge is 0.269 e. The third-order valence-electron chi connectivity index (χ3n) is 2.98. The van der Waals surface area contributed by atoms with Crippen molar-refractivity contribution in [1.82, 2.24) is 19.6 Å². The molecule has 0 bridgehead atoms. The van der Waals surface area contributed by atoms with Gasteiger partial charge in [-0.2, -0.15) is 10.2 Å². The average Bonchev–Trinajstić information content (AvgIpc) is 2.90. The molecule has 0 fully saturated rings. The fourth-order valence-corrected chi connectivity index (χ4v) is 2.68. The van der Waals surface area contributed by atoms with Gasteiger partial charge in [-0.25, -0.2) is 0 Å². The van der Waals surface area contributed by atoms with Crippen molar-refractivity contribution < 1.29 is 0 Å². The second kappa shape index (κ2) is 6.18. The van der Waals surface area contributed by atoms with E-state index in [0.29, 0.717) is 6.04 Å². The second-order valence-corrected chi connectivity index (χ2v) is 6.10. The molecule has 0 radical (unpaired) electrons. The number of halogens is 2. The fraction of sp³-hybridized carbons (Fsp3) is 0.500. The van der Waals surface area contributed by atoms with Gasteiger partial charge in [0.25, 0.3) is 0 Å². The van der Waals surface area contributed by atoms with Crippen LogP contribution in [0.25, 0.3) is 0 Å². The number of hydrogen-bond acceptors (Lipinski definition) is 2. The van der Waals surface area contributed by atoms with Crippen molar-refractivity contribution >= 4 is 38.5 Å². The molecule has 0 N–H and O–H groups in total. The topological polar surface area (TPSA) is 35.6 Å². The lowest BCUT2D eigenvalue weighted by Crippen LogP contribution is -2.09. The normalized spacial score (nSPS) is 11.4. The molecule has 0 aliphatic heterocycles. The standard InChI is InChI=1S/C12H16BrIN4/c1-3-10(4-2)18-6-5-9(15-18)7-17-8-11(13)12(14)16-17/h5-6,8,10H,3-4,7H2,1-2H3. The van der Waals surface area contributed by atoms with Gasteiger partial charge in [-0.1, -0.05) is 13.8 Å². The van der Waals surface area contributed by atoms with Crippen molar-refractivity contribution in [2.45, 2.75) is 39.3 Å². The highest BCUT2D eigenvalue weighted by atomic mass is 127. The maximum Gasteiger partial charge on any atom is 0.137 e. The first-order valence-corrected chi connectivity index (χ1v) is 7.93. The Bertz CT molecular complexity index is 496. The van der Waals surface area contributed by atoms with Crippen molar-refractivity contribution in [3.05, 3.63) is 32.3 Å². The molecular formula is C12H16BrIN4. The maximum absolute atomic E-state index is 4.62. The third-order valence-corrected chi connectivity index (χ3v) is 5.10. The molecule has 0 aromatic carbocycles. The summed E-state index contributed by atoms with van der Waals surface area (Å²) in [7, 11) is 0. The van der Waals surface area contributed by atoms with Crippen LogP contribution in [0.2, 0.25) is 0 Å². The van der Waals surface area contributed by atoms with E-state index in [0.717, 1.165) is 33.3 Å². The van der Waals surface area contributed by atoms with Crippen molar-refractivity contribution in [1.29, 1.82) is 0 Å². The monoisotopic (exact) mass is 422 g/mol. The molecule has 2 aromatic rings. The first-order valence-electron chi connectivity index (χ1n) is 6.06. The summed E-state index contributed by atoms with van der Waals surface area (Å²) < 4.78 is 5.99. The lowest BCUT2D eigenvalue weighted by molar-refractivity contribution is 0.424. The Hall–Kier alpha value is -0.370. The Morgan fingerprint density at radius 2 is 2.06 bits per heavy atom. The van der Waals surface area contributed by atoms with Gasteiger partial charge in [0, 0.05) is 12.4 Å². The van der Waals surface area contributed by atoms with E-state index in [9.17, 15) is 0 Å². The van der Waals surface area contributed by atoms with Crippen LogP contribution in [0.3, 0.4) is 0 Å². The minimum atomic E-state index is 0.503. The zero-order valence-corrected chi connectivity index (χ0v) is 14.2. The number of rotatable bonds is 5. The summed E-state index contributed by atoms with van der Waals surface area (Å²) in [5.41, 5.74) is 1.05. The smallest absolute Gasteiger partial charge is 0.137 e. The van der Waals surface area contributed by atoms with Crippen molar-refractivity contribution in [2.24, 2.45) is 0 Å². The van der Waals surface area contributed by atoms with E-state index in [1.165, 1.54) is 0 Å². The van der Waals surface area contributed by atoms with Gasteiger partial charge in [-0.05, 0) is 57.4 Å². The zero-order valence-electron chi connectivity index (χ0n) is 10.5. The van der Waals surface area contributed by atoms with Gasteiger partial charge in [0.1, 0.15) is 3.70 Å². The highest BCUT2D eigenvalue weighted by Crippen LogP contribution is 2.18. The Morgan fingerprint density at radius 3 is 2.61 bits per heavy atom. The average molecular weight is 423 g/mol. The highest BCUT2D eigenvalue weighted by Gasteiger charge is 2.09. The molecule has 2 rings (SSSR count). The number of nitrogens with zero attached hydrogens (tertiary/aromatic N) is 4. The van der Waals surface area contributed by atoms with Crippen LogP contribution in [-0.4, -0.2) is 19.6 Å². The molecule has 0 atom stereocenters. The molecule has 0 saturated carbocycles. The second-order valence-electron chi connectivity index (χ2n) is 4.22. The Labute approximate surface area is 129 Å². The van der Waals surface area contributed by atoms with E-state index < -0.39 is 0 Å². The molecule has 2 heterocycles. The van der Waals surface area contributed by atoms with Crippen molar-refractivity contribution in [3.8, 4) is 0 Å². The van der Waals surface area contributed by atoms with E-state index in [2.05, 4.69) is 79.5 Å². The van der Waals surface area contributed by atoms with Gasteiger partial charge in [-0.15, -0.1) is 0 Å². The van der Waals surface area contributed by atoms with E-state index >= 15 is 0 Å². The van der Waals surface area contributed by atoms with Crippen LogP contribution in [0.1, 0.15) is 38.4 Å². The molecule has 6 heteroatoms. The fourth-order valence-electron chi connectivity index (χ4n) is 1.95. The molecule has 0 saturated heterocycles. The summed E-state index contributed by atoms with van der Waals surface area (Å²) in [6.45, 7) is 5.11. The number of aromatic nitrogens is 4. The van der Waals surface area contributed by atoms with E-state index in [1.807, 2.05) is 10.9 Å². The van der Waals surface area contributed by atoms with Crippen molar-refractivity contribution in [2.75, 3.05) is 0 Å². The molecule has 0 unspecified atom stereocenters. The molecule has 98 valence electrons. The van der Waals surface area contributed by atoms with E-state index in [4.69, 9.17) is 0 Å². The summed E-state index contributed by atoms with van der Waals surface area (Å²) in [4.78, 5) is 0. The predicted octanol–water partition coefficient (Wildman–Crippen LogP) is 3.86. The first kappa shape index (κ1) is 14.0. The van der Waals surface area contributed by atoms with E-state index in [-0.39, 0.29) is 0 Å². The molecule has 4 nitrogen and oxygen atoms in total. The Kier molecular flexibility index (Phi) is 4.83. The Morgan fingerprint density at radius 1 is 1.33 bits per heavy atom. The van der Waals surface area contributed by atoms with Gasteiger partial charge >= 0.3 is 0 Å². The third kappa shape index (κ3) is 3.14. The summed E-state index contributed by atoms with van der Waals surface area (Å²) in [5.74, 6) is 0. The minimum absolute atomic E-state index is 0.503. The molecule has 18 heavy (non-hydrogen) atoms. The molecule has 0 aliphatic rings. The van der Waals surface area contributed by atoms with Crippen LogP contribution in [-0.2, 0) is 6.54 Å². The SMILES string of the molecule is CCC(CC)n1ccc(Cn2cc(Br)c(I)n2)n1. The molecular weight excluding hydrogens is 407 g/mol. The van der Waals surface area contributed by atoms with Gasteiger partial charge in [0.2, 0.25) is 0 Å². The molecule has 0 aliphatic carbocycles. The highest BCUT2D eigenvalue weighted by molar-refractivity contribution is 14.1. The molecule has 0 spiro atoms. The van der Waals surface area contributed by atoms with Crippen LogP contribution in [0.15, 0.2) is 22.9 Å². The Balaban J connectivity index is 2.11. The van der Waals surface area contributed by atoms with Crippen LogP contribution < -0.4 is 0 Å². The molecule has 0 amide bonds. The van der Waals surface area contributed by atoms with E-state index in [1.54, 1.807) is 0 Å². The lowest BCUT2D eigenvalue weighted by atomic mass is 10.2. The van der Waals surface area contributed by atoms with Crippen LogP contribution >= 0.6 is 38.5 Å². The lowest BCUT2D eigenvalue weighted by Gasteiger charge is -2.12. The zero-order chi connectivity index (χ0) is 13.1. The van der Waals surface area contributed by atoms with Gasteiger partial charge in [0.05, 0.1) is 22.8 Å². The first-order chi connectivity index (χ1) is 8.63. The predicted molar refractivity (Wildman–Crippen MR) is 83.6 cm³/mol.